The Balaban J connectivity index is 2.10. The molecule has 0 bridgehead atoms. The zero-order valence-electron chi connectivity index (χ0n) is 14.6. The molecule has 144 valence electrons. The molecule has 7 nitrogen and oxygen atoms in total. The summed E-state index contributed by atoms with van der Waals surface area (Å²) in [6.07, 6.45) is 1.76. The molecule has 0 atom stereocenters. The van der Waals surface area contributed by atoms with Crippen molar-refractivity contribution in [3.63, 3.8) is 0 Å². The maximum Gasteiger partial charge on any atom is 0.270 e. The Morgan fingerprint density at radius 2 is 1.79 bits per heavy atom. The van der Waals surface area contributed by atoms with Crippen LogP contribution in [0.4, 0.5) is 5.69 Å². The van der Waals surface area contributed by atoms with Crippen molar-refractivity contribution < 1.29 is 13.3 Å². The minimum atomic E-state index is -3.85. The molecule has 0 amide bonds. The third kappa shape index (κ3) is 3.79. The fraction of sp³-hybridized carbons (Fsp3) is 0.0556. The highest BCUT2D eigenvalue weighted by molar-refractivity contribution is 8.01. The standard InChI is InChI=1S/C18H15N3O4S3/c1-26-18-16(10-15(27-18)17(19)20)28(24,25)14-7-3-5-12(9-14)11-4-2-6-13(8-11)21(22)23/h2-10H,1H3,(H3,19,20). The average Bonchev–Trinajstić information content (AvgIpc) is 3.14. The Hall–Kier alpha value is -2.69. The van der Waals surface area contributed by atoms with Crippen molar-refractivity contribution in [2.45, 2.75) is 14.0 Å². The van der Waals surface area contributed by atoms with Gasteiger partial charge < -0.3 is 5.73 Å². The molecule has 0 spiro atoms. The highest BCUT2D eigenvalue weighted by Crippen LogP contribution is 2.37. The number of non-ortho nitro benzene ring substituents is 1. The zero-order chi connectivity index (χ0) is 20.5. The lowest BCUT2D eigenvalue weighted by atomic mass is 10.1. The predicted octanol–water partition coefficient (Wildman–Crippen LogP) is 4.16. The van der Waals surface area contributed by atoms with E-state index in [2.05, 4.69) is 0 Å². The SMILES string of the molecule is CSc1sc(C(=N)N)cc1S(=O)(=O)c1cccc(-c2cccc([N+](=O)[O-])c2)c1. The number of nitrogens with one attached hydrogen (secondary N) is 1. The summed E-state index contributed by atoms with van der Waals surface area (Å²) < 4.78 is 26.9. The van der Waals surface area contributed by atoms with Crippen LogP contribution >= 0.6 is 23.1 Å². The summed E-state index contributed by atoms with van der Waals surface area (Å²) in [5.74, 6) is -0.188. The third-order valence-electron chi connectivity index (χ3n) is 3.94. The second-order valence-corrected chi connectivity index (χ2v) is 9.76. The van der Waals surface area contributed by atoms with Crippen LogP contribution in [0, 0.1) is 15.5 Å². The van der Waals surface area contributed by atoms with E-state index in [9.17, 15) is 18.5 Å². The molecule has 0 fully saturated rings. The summed E-state index contributed by atoms with van der Waals surface area (Å²) in [6, 6.07) is 13.7. The van der Waals surface area contributed by atoms with Gasteiger partial charge in [-0.25, -0.2) is 8.42 Å². The van der Waals surface area contributed by atoms with Crippen LogP contribution in [0.1, 0.15) is 4.88 Å². The van der Waals surface area contributed by atoms with Crippen LogP contribution in [0.2, 0.25) is 0 Å². The van der Waals surface area contributed by atoms with E-state index in [1.807, 2.05) is 0 Å². The number of hydrogen-bond acceptors (Lipinski definition) is 7. The molecule has 3 N–H and O–H groups in total. The van der Waals surface area contributed by atoms with Gasteiger partial charge in [-0.15, -0.1) is 23.1 Å². The van der Waals surface area contributed by atoms with Crippen LogP contribution in [0.5, 0.6) is 0 Å². The molecule has 0 radical (unpaired) electrons. The van der Waals surface area contributed by atoms with Crippen LogP contribution in [0.3, 0.4) is 0 Å². The van der Waals surface area contributed by atoms with E-state index in [4.69, 9.17) is 11.1 Å². The number of benzene rings is 2. The molecule has 1 heterocycles. The van der Waals surface area contributed by atoms with Crippen LogP contribution in [0.15, 0.2) is 68.6 Å². The van der Waals surface area contributed by atoms with E-state index in [0.717, 1.165) is 11.3 Å². The molecule has 10 heteroatoms. The van der Waals surface area contributed by atoms with Gasteiger partial charge in [-0.3, -0.25) is 15.5 Å². The number of nitro benzene ring substituents is 1. The van der Waals surface area contributed by atoms with Crippen molar-refractivity contribution in [2.75, 3.05) is 6.26 Å². The zero-order valence-corrected chi connectivity index (χ0v) is 17.0. The average molecular weight is 434 g/mol. The van der Waals surface area contributed by atoms with Crippen molar-refractivity contribution in [1.82, 2.24) is 0 Å². The number of sulfone groups is 1. The lowest BCUT2D eigenvalue weighted by Gasteiger charge is -2.07. The minimum absolute atomic E-state index is 0.0692. The highest BCUT2D eigenvalue weighted by Gasteiger charge is 2.25. The quantitative estimate of drug-likeness (QED) is 0.197. The number of nitrogen functional groups attached to an aromatic ring is 1. The Bertz CT molecular complexity index is 1190. The Morgan fingerprint density at radius 1 is 1.14 bits per heavy atom. The van der Waals surface area contributed by atoms with Crippen LogP contribution < -0.4 is 5.73 Å². The van der Waals surface area contributed by atoms with Crippen LogP contribution in [-0.2, 0) is 9.84 Å². The summed E-state index contributed by atoms with van der Waals surface area (Å²) in [4.78, 5) is 11.1. The van der Waals surface area contributed by atoms with Crippen molar-refractivity contribution >= 4 is 44.5 Å². The van der Waals surface area contributed by atoms with Gasteiger partial charge in [0.05, 0.1) is 23.8 Å². The molecular weight excluding hydrogens is 418 g/mol. The summed E-state index contributed by atoms with van der Waals surface area (Å²) in [5.41, 5.74) is 6.54. The molecular formula is C18H15N3O4S3. The summed E-state index contributed by atoms with van der Waals surface area (Å²) in [6.45, 7) is 0. The molecule has 0 saturated carbocycles. The minimum Gasteiger partial charge on any atom is -0.383 e. The first-order chi connectivity index (χ1) is 13.2. The highest BCUT2D eigenvalue weighted by atomic mass is 32.2. The molecule has 0 aliphatic heterocycles. The van der Waals surface area contributed by atoms with Crippen LogP contribution in [-0.4, -0.2) is 25.4 Å². The van der Waals surface area contributed by atoms with Gasteiger partial charge in [-0.1, -0.05) is 24.3 Å². The third-order valence-corrected chi connectivity index (χ3v) is 8.28. The number of amidine groups is 1. The van der Waals surface area contributed by atoms with Crippen molar-refractivity contribution in [3.05, 3.63) is 69.6 Å². The van der Waals surface area contributed by atoms with Crippen molar-refractivity contribution in [1.29, 1.82) is 5.41 Å². The maximum atomic E-state index is 13.2. The molecule has 3 aromatic rings. The summed E-state index contributed by atoms with van der Waals surface area (Å²) in [5, 5.41) is 18.6. The molecule has 0 aliphatic rings. The first-order valence-electron chi connectivity index (χ1n) is 7.86. The fourth-order valence-corrected chi connectivity index (χ4v) is 6.49. The van der Waals surface area contributed by atoms with E-state index < -0.39 is 14.8 Å². The lowest BCUT2D eigenvalue weighted by molar-refractivity contribution is -0.384. The molecule has 0 saturated heterocycles. The lowest BCUT2D eigenvalue weighted by Crippen LogP contribution is -2.08. The number of thiophene rings is 1. The van der Waals surface area contributed by atoms with E-state index in [0.29, 0.717) is 20.2 Å². The Labute approximate surface area is 169 Å². The Kier molecular flexibility index (Phi) is 5.54. The Morgan fingerprint density at radius 3 is 2.39 bits per heavy atom. The first-order valence-corrected chi connectivity index (χ1v) is 11.4. The van der Waals surface area contributed by atoms with Gasteiger partial charge in [-0.05, 0) is 35.6 Å². The summed E-state index contributed by atoms with van der Waals surface area (Å²) in [7, 11) is -3.85. The molecule has 2 aromatic carbocycles. The largest absolute Gasteiger partial charge is 0.383 e. The van der Waals surface area contributed by atoms with Gasteiger partial charge >= 0.3 is 0 Å². The van der Waals surface area contributed by atoms with Gasteiger partial charge in [0, 0.05) is 12.1 Å². The number of thioether (sulfide) groups is 1. The molecule has 1 aromatic heterocycles. The molecule has 0 aliphatic carbocycles. The topological polar surface area (TPSA) is 127 Å². The first kappa shape index (κ1) is 20.1. The molecule has 3 rings (SSSR count). The smallest absolute Gasteiger partial charge is 0.270 e. The normalized spacial score (nSPS) is 11.3. The maximum absolute atomic E-state index is 13.2. The van der Waals surface area contributed by atoms with Gasteiger partial charge in [-0.2, -0.15) is 0 Å². The monoisotopic (exact) mass is 433 g/mol. The number of rotatable bonds is 6. The van der Waals surface area contributed by atoms with Gasteiger partial charge in [0.15, 0.2) is 0 Å². The predicted molar refractivity (Wildman–Crippen MR) is 111 cm³/mol. The van der Waals surface area contributed by atoms with Gasteiger partial charge in [0.25, 0.3) is 5.69 Å². The van der Waals surface area contributed by atoms with E-state index in [-0.39, 0.29) is 21.3 Å². The van der Waals surface area contributed by atoms with Crippen LogP contribution in [0.25, 0.3) is 11.1 Å². The molecule has 28 heavy (non-hydrogen) atoms. The molecule has 0 unspecified atom stereocenters. The number of nitrogens with zero attached hydrogens (tertiary/aromatic N) is 1. The van der Waals surface area contributed by atoms with E-state index in [1.54, 1.807) is 30.5 Å². The number of hydrogen-bond donors (Lipinski definition) is 2. The summed E-state index contributed by atoms with van der Waals surface area (Å²) >= 11 is 2.43. The number of nitro groups is 1. The van der Waals surface area contributed by atoms with Crippen molar-refractivity contribution in [2.24, 2.45) is 5.73 Å². The number of nitrogens with two attached hydrogens (primary N) is 1. The second-order valence-electron chi connectivity index (χ2n) is 5.72. The van der Waals surface area contributed by atoms with E-state index in [1.165, 1.54) is 42.1 Å². The van der Waals surface area contributed by atoms with Gasteiger partial charge in [0.2, 0.25) is 9.84 Å². The van der Waals surface area contributed by atoms with E-state index >= 15 is 0 Å². The fourth-order valence-electron chi connectivity index (χ4n) is 2.59. The second kappa shape index (κ2) is 7.74. The van der Waals surface area contributed by atoms with Gasteiger partial charge in [0.1, 0.15) is 5.84 Å². The van der Waals surface area contributed by atoms with Crippen molar-refractivity contribution in [3.8, 4) is 11.1 Å².